The van der Waals surface area contributed by atoms with Crippen molar-refractivity contribution in [1.29, 1.82) is 0 Å². The number of thiol groups is 3. The van der Waals surface area contributed by atoms with Gasteiger partial charge in [0, 0.05) is 35.8 Å². The van der Waals surface area contributed by atoms with Crippen LogP contribution in [0.3, 0.4) is 0 Å². The number of rotatable bonds is 5. The fourth-order valence-corrected chi connectivity index (χ4v) is 10.9. The molecule has 15 heteroatoms. The minimum atomic E-state index is -4.29. The van der Waals surface area contributed by atoms with Crippen LogP contribution in [-0.2, 0) is 10.0 Å². The Balaban J connectivity index is 1.09. The summed E-state index contributed by atoms with van der Waals surface area (Å²) in [4.78, 5) is 25.6. The summed E-state index contributed by atoms with van der Waals surface area (Å²) in [5, 5.41) is 7.58. The predicted molar refractivity (Wildman–Crippen MR) is 188 cm³/mol. The Hall–Kier alpha value is -2.62. The van der Waals surface area contributed by atoms with Gasteiger partial charge in [-0.05, 0) is 106 Å². The monoisotopic (exact) mass is 713 g/mol. The van der Waals surface area contributed by atoms with Gasteiger partial charge in [0.2, 0.25) is 5.88 Å². The van der Waals surface area contributed by atoms with E-state index < -0.39 is 20.0 Å². The predicted octanol–water partition coefficient (Wildman–Crippen LogP) is 5.01. The molecule has 250 valence electrons. The second kappa shape index (κ2) is 10.7. The topological polar surface area (TPSA) is 131 Å². The normalized spacial score (nSPS) is 24.9. The minimum absolute atomic E-state index is 0.149. The Morgan fingerprint density at radius 2 is 1.81 bits per heavy atom. The number of sulfonamides is 1. The molecule has 2 spiro atoms. The molecule has 2 N–H and O–H groups in total. The van der Waals surface area contributed by atoms with Gasteiger partial charge in [-0.15, -0.1) is 17.7 Å². The van der Waals surface area contributed by atoms with E-state index in [4.69, 9.17) is 35.0 Å². The van der Waals surface area contributed by atoms with Gasteiger partial charge in [-0.2, -0.15) is 33.7 Å². The van der Waals surface area contributed by atoms with Crippen LogP contribution in [0.2, 0.25) is 0 Å². The first-order valence-corrected chi connectivity index (χ1v) is 19.0. The fraction of sp³-hybridized carbons (Fsp3) is 0.562. The summed E-state index contributed by atoms with van der Waals surface area (Å²) >= 11 is 14.3. The van der Waals surface area contributed by atoms with E-state index in [1.165, 1.54) is 31.7 Å². The summed E-state index contributed by atoms with van der Waals surface area (Å²) in [6, 6.07) is 7.93. The maximum absolute atomic E-state index is 13.7. The minimum Gasteiger partial charge on any atom is -0.474 e. The standard InChI is InChI=1S/C32H39N7O4S4/c1-29(2)16-19-4-3-14-33-25-21(44)6-8-24(35-25)47(41,42)37-27(40)20-5-7-22(34-26(20)38(29)17-19)39-15-9-23(36-39)43-18-32(45,46)28-30(10-11-30)31(28)12-13-31/h5-9,15,19,28,44-46H,3-4,10-14,16-18H2,1-2H3,(H,33,35)(H,37,40)/t19-/m0/s1. The van der Waals surface area contributed by atoms with Crippen LogP contribution in [0, 0.1) is 22.7 Å². The van der Waals surface area contributed by atoms with Crippen molar-refractivity contribution < 1.29 is 17.9 Å². The second-order valence-corrected chi connectivity index (χ2v) is 18.6. The average molecular weight is 714 g/mol. The zero-order valence-corrected chi connectivity index (χ0v) is 29.8. The molecule has 1 atom stereocenters. The number of hydrogen-bond acceptors (Lipinski definition) is 12. The van der Waals surface area contributed by atoms with Crippen LogP contribution >= 0.6 is 37.9 Å². The van der Waals surface area contributed by atoms with Gasteiger partial charge < -0.3 is 15.0 Å². The highest BCUT2D eigenvalue weighted by molar-refractivity contribution is 8.00. The van der Waals surface area contributed by atoms with Gasteiger partial charge in [0.1, 0.15) is 18.2 Å². The maximum atomic E-state index is 13.7. The lowest BCUT2D eigenvalue weighted by atomic mass is 9.93. The van der Waals surface area contributed by atoms with Gasteiger partial charge in [-0.3, -0.25) is 4.79 Å². The smallest absolute Gasteiger partial charge is 0.281 e. The van der Waals surface area contributed by atoms with E-state index in [2.05, 4.69) is 51.5 Å². The Morgan fingerprint density at radius 1 is 1.06 bits per heavy atom. The van der Waals surface area contributed by atoms with Crippen molar-refractivity contribution in [1.82, 2.24) is 24.5 Å². The number of aromatic nitrogens is 4. The van der Waals surface area contributed by atoms with Gasteiger partial charge in [0.15, 0.2) is 10.8 Å². The molecule has 5 aliphatic rings. The number of carbonyl (C=O) groups is 1. The number of ether oxygens (including phenoxy) is 1. The third kappa shape index (κ3) is 5.30. The lowest BCUT2D eigenvalue weighted by Crippen LogP contribution is -2.41. The van der Waals surface area contributed by atoms with Crippen LogP contribution in [0.15, 0.2) is 46.5 Å². The number of nitrogens with zero attached hydrogens (tertiary/aromatic N) is 5. The molecule has 3 aromatic rings. The summed E-state index contributed by atoms with van der Waals surface area (Å²) in [5.41, 5.74) is 0.703. The lowest BCUT2D eigenvalue weighted by molar-refractivity contribution is 0.0981. The highest BCUT2D eigenvalue weighted by Gasteiger charge is 2.89. The lowest BCUT2D eigenvalue weighted by Gasteiger charge is -2.34. The molecule has 0 aromatic carbocycles. The van der Waals surface area contributed by atoms with Crippen LogP contribution in [0.25, 0.3) is 5.82 Å². The van der Waals surface area contributed by atoms with Crippen LogP contribution < -0.4 is 19.7 Å². The van der Waals surface area contributed by atoms with Crippen LogP contribution in [0.1, 0.15) is 69.2 Å². The van der Waals surface area contributed by atoms with Crippen LogP contribution in [0.5, 0.6) is 5.88 Å². The molecule has 47 heavy (non-hydrogen) atoms. The number of fused-ring (bicyclic) bond motifs is 7. The van der Waals surface area contributed by atoms with E-state index in [1.807, 2.05) is 0 Å². The number of pyridine rings is 2. The number of nitrogens with one attached hydrogen (secondary N) is 2. The van der Waals surface area contributed by atoms with E-state index in [0.717, 1.165) is 19.3 Å². The van der Waals surface area contributed by atoms with Crippen molar-refractivity contribution in [3.05, 3.63) is 42.1 Å². The Bertz CT molecular complexity index is 1870. The number of amides is 1. The molecule has 5 heterocycles. The highest BCUT2D eigenvalue weighted by atomic mass is 32.2. The molecule has 3 saturated carbocycles. The van der Waals surface area contributed by atoms with Crippen molar-refractivity contribution >= 4 is 65.5 Å². The van der Waals surface area contributed by atoms with Crippen LogP contribution in [-0.4, -0.2) is 63.4 Å². The van der Waals surface area contributed by atoms with Crippen LogP contribution in [0.4, 0.5) is 11.6 Å². The van der Waals surface area contributed by atoms with Crippen molar-refractivity contribution in [3.63, 3.8) is 0 Å². The number of carbonyl (C=O) groups excluding carboxylic acids is 1. The van der Waals surface area contributed by atoms with Crippen molar-refractivity contribution in [2.45, 2.75) is 78.3 Å². The molecule has 3 aromatic heterocycles. The SMILES string of the molecule is CC1(C)C[C@@H]2CCCNc3nc(ccc3S)S(=O)(=O)NC(=O)c3ccc(-n4ccc(OCC(S)(S)C5C6(CC6)C56CC6)n4)nc3N1C2. The van der Waals surface area contributed by atoms with E-state index in [0.29, 0.717) is 70.6 Å². The molecule has 11 nitrogen and oxygen atoms in total. The number of hydrogen-bond donors (Lipinski definition) is 5. The second-order valence-electron chi connectivity index (χ2n) is 14.6. The molecule has 0 unspecified atom stereocenters. The third-order valence-electron chi connectivity index (χ3n) is 11.0. The van der Waals surface area contributed by atoms with E-state index >= 15 is 0 Å². The van der Waals surface area contributed by atoms with Crippen molar-refractivity contribution in [2.24, 2.45) is 22.7 Å². The molecule has 1 saturated heterocycles. The molecule has 0 radical (unpaired) electrons. The van der Waals surface area contributed by atoms with Crippen molar-refractivity contribution in [3.8, 4) is 11.7 Å². The zero-order chi connectivity index (χ0) is 33.0. The molecule has 3 aliphatic carbocycles. The molecule has 1 amide bonds. The number of anilines is 2. The molecule has 8 rings (SSSR count). The van der Waals surface area contributed by atoms with Gasteiger partial charge in [-0.1, -0.05) is 0 Å². The van der Waals surface area contributed by atoms with Gasteiger partial charge in [0.25, 0.3) is 15.9 Å². The first kappa shape index (κ1) is 31.6. The molecular weight excluding hydrogens is 675 g/mol. The first-order valence-electron chi connectivity index (χ1n) is 16.2. The van der Waals surface area contributed by atoms with E-state index in [1.54, 1.807) is 35.1 Å². The Labute approximate surface area is 291 Å². The summed E-state index contributed by atoms with van der Waals surface area (Å²) in [5.74, 6) is 1.70. The average Bonchev–Trinajstić information content (AvgIpc) is 3.97. The summed E-state index contributed by atoms with van der Waals surface area (Å²) in [6.07, 6.45) is 9.55. The maximum Gasteiger partial charge on any atom is 0.281 e. The quantitative estimate of drug-likeness (QED) is 0.183. The van der Waals surface area contributed by atoms with Gasteiger partial charge >= 0.3 is 0 Å². The first-order chi connectivity index (χ1) is 22.2. The summed E-state index contributed by atoms with van der Waals surface area (Å²) in [7, 11) is -4.29. The summed E-state index contributed by atoms with van der Waals surface area (Å²) < 4.78 is 36.1. The fourth-order valence-electron chi connectivity index (χ4n) is 8.68. The zero-order valence-electron chi connectivity index (χ0n) is 26.3. The molecule has 4 bridgehead atoms. The van der Waals surface area contributed by atoms with Gasteiger partial charge in [-0.25, -0.2) is 19.4 Å². The molecular formula is C32H39N7O4S4. The largest absolute Gasteiger partial charge is 0.474 e. The van der Waals surface area contributed by atoms with E-state index in [-0.39, 0.29) is 16.1 Å². The Kier molecular flexibility index (Phi) is 7.19. The molecule has 4 fully saturated rings. The van der Waals surface area contributed by atoms with Gasteiger partial charge in [0.05, 0.1) is 9.64 Å². The third-order valence-corrected chi connectivity index (χ3v) is 13.4. The van der Waals surface area contributed by atoms with E-state index in [9.17, 15) is 13.2 Å². The van der Waals surface area contributed by atoms with Crippen molar-refractivity contribution in [2.75, 3.05) is 29.9 Å². The summed E-state index contributed by atoms with van der Waals surface area (Å²) in [6.45, 7) is 5.87. The highest BCUT2D eigenvalue weighted by Crippen LogP contribution is 2.95. The molecule has 2 aliphatic heterocycles. The Morgan fingerprint density at radius 3 is 2.53 bits per heavy atom.